The molecule has 0 unspecified atom stereocenters. The normalized spacial score (nSPS) is 10.9. The second kappa shape index (κ2) is 9.18. The second-order valence-electron chi connectivity index (χ2n) is 7.30. The van der Waals surface area contributed by atoms with Crippen molar-refractivity contribution in [2.24, 2.45) is 5.92 Å². The minimum absolute atomic E-state index is 0.466. The van der Waals surface area contributed by atoms with Gasteiger partial charge in [-0.15, -0.1) is 11.3 Å². The smallest absolute Gasteiger partial charge is 0.246 e. The summed E-state index contributed by atoms with van der Waals surface area (Å²) in [6.45, 7) is 14.5. The van der Waals surface area contributed by atoms with Gasteiger partial charge in [0.25, 0.3) is 0 Å². The van der Waals surface area contributed by atoms with Crippen LogP contribution in [0.2, 0.25) is 0 Å². The number of hydrogen-bond donors (Lipinski definition) is 1. The number of aromatic nitrogens is 2. The fraction of sp³-hybridized carbons (Fsp3) is 0.409. The molecule has 0 fully saturated rings. The van der Waals surface area contributed by atoms with Gasteiger partial charge in [0.2, 0.25) is 10.8 Å². The third kappa shape index (κ3) is 4.26. The van der Waals surface area contributed by atoms with Crippen LogP contribution in [-0.4, -0.2) is 37.8 Å². The van der Waals surface area contributed by atoms with Crippen molar-refractivity contribution in [1.29, 1.82) is 0 Å². The van der Waals surface area contributed by atoms with Crippen LogP contribution in [-0.2, 0) is 6.42 Å². The molecule has 3 rings (SSSR count). The van der Waals surface area contributed by atoms with E-state index in [9.17, 15) is 0 Å². The summed E-state index contributed by atoms with van der Waals surface area (Å²) >= 11 is 1.40. The predicted octanol–water partition coefficient (Wildman–Crippen LogP) is 5.24. The van der Waals surface area contributed by atoms with E-state index in [-0.39, 0.29) is 0 Å². The van der Waals surface area contributed by atoms with Crippen molar-refractivity contribution in [2.75, 3.05) is 33.2 Å². The van der Waals surface area contributed by atoms with Gasteiger partial charge in [0.1, 0.15) is 16.5 Å². The van der Waals surface area contributed by atoms with Crippen molar-refractivity contribution < 1.29 is 14.2 Å². The van der Waals surface area contributed by atoms with Gasteiger partial charge in [-0.2, -0.15) is 0 Å². The molecule has 30 heavy (non-hydrogen) atoms. The lowest BCUT2D eigenvalue weighted by atomic mass is 10.1. The molecule has 1 aromatic carbocycles. The predicted molar refractivity (Wildman–Crippen MR) is 121 cm³/mol. The second-order valence-corrected chi connectivity index (χ2v) is 8.28. The fourth-order valence-electron chi connectivity index (χ4n) is 3.21. The molecular weight excluding hydrogens is 400 g/mol. The lowest BCUT2D eigenvalue weighted by Gasteiger charge is -2.15. The van der Waals surface area contributed by atoms with Crippen LogP contribution >= 0.6 is 11.3 Å². The maximum absolute atomic E-state index is 7.45. The Balaban J connectivity index is 2.07. The molecule has 0 bridgehead atoms. The zero-order valence-electron chi connectivity index (χ0n) is 18.1. The number of methoxy groups -OCH3 is 3. The molecule has 0 saturated carbocycles. The molecule has 2 heterocycles. The molecule has 8 heteroatoms. The standard InChI is InChI=1S/C22H26N4O3S/c1-12(2)11-24-20-18-13(3)21(23-4)30-22(18)26-17(25-20)10-14-8-15(27-5)19(29-7)16(9-14)28-6/h8-9,12H,10-11H2,1-3,5-7H3,(H,24,25,26). The van der Waals surface area contributed by atoms with Gasteiger partial charge in [0, 0.05) is 18.4 Å². The average Bonchev–Trinajstić information content (AvgIpc) is 3.06. The number of nitrogens with one attached hydrogen (secondary N) is 1. The monoisotopic (exact) mass is 426 g/mol. The largest absolute Gasteiger partial charge is 0.493 e. The molecule has 0 aliphatic rings. The minimum Gasteiger partial charge on any atom is -0.493 e. The van der Waals surface area contributed by atoms with E-state index >= 15 is 0 Å². The molecule has 7 nitrogen and oxygen atoms in total. The van der Waals surface area contributed by atoms with E-state index in [1.54, 1.807) is 21.3 Å². The number of aryl methyl sites for hydroxylation is 1. The van der Waals surface area contributed by atoms with Gasteiger partial charge in [-0.05, 0) is 36.1 Å². The Morgan fingerprint density at radius 1 is 1.10 bits per heavy atom. The summed E-state index contributed by atoms with van der Waals surface area (Å²) in [6.07, 6.45) is 0.493. The van der Waals surface area contributed by atoms with Crippen LogP contribution < -0.4 is 19.5 Å². The number of hydrogen-bond acceptors (Lipinski definition) is 7. The third-order valence-corrected chi connectivity index (χ3v) is 5.76. The SMILES string of the molecule is [C-]#[N+]c1sc2nc(Cc3cc(OC)c(OC)c(OC)c3)nc(NCC(C)C)c2c1C. The van der Waals surface area contributed by atoms with Crippen molar-refractivity contribution in [1.82, 2.24) is 9.97 Å². The van der Waals surface area contributed by atoms with Gasteiger partial charge in [-0.1, -0.05) is 13.8 Å². The number of thiophene rings is 1. The quantitative estimate of drug-likeness (QED) is 0.497. The summed E-state index contributed by atoms with van der Waals surface area (Å²) in [5, 5.41) is 5.02. The van der Waals surface area contributed by atoms with Crippen LogP contribution in [0.15, 0.2) is 12.1 Å². The average molecular weight is 427 g/mol. The first-order valence-corrected chi connectivity index (χ1v) is 10.4. The molecule has 0 radical (unpaired) electrons. The van der Waals surface area contributed by atoms with Gasteiger partial charge < -0.3 is 19.5 Å². The van der Waals surface area contributed by atoms with Crippen LogP contribution in [0.5, 0.6) is 17.2 Å². The molecule has 0 spiro atoms. The Labute approximate surface area is 180 Å². The highest BCUT2D eigenvalue weighted by molar-refractivity contribution is 7.22. The molecule has 0 aliphatic heterocycles. The first-order chi connectivity index (χ1) is 14.4. The first kappa shape index (κ1) is 21.7. The number of benzene rings is 1. The van der Waals surface area contributed by atoms with E-state index in [1.807, 2.05) is 19.1 Å². The van der Waals surface area contributed by atoms with Gasteiger partial charge in [0.05, 0.1) is 27.9 Å². The summed E-state index contributed by atoms with van der Waals surface area (Å²) in [4.78, 5) is 14.0. The summed E-state index contributed by atoms with van der Waals surface area (Å²) in [6, 6.07) is 3.81. The van der Waals surface area contributed by atoms with Crippen molar-refractivity contribution in [3.05, 3.63) is 40.5 Å². The van der Waals surface area contributed by atoms with Crippen LogP contribution in [0.4, 0.5) is 10.8 Å². The molecule has 0 atom stereocenters. The zero-order chi connectivity index (χ0) is 21.8. The Hall–Kier alpha value is -3.05. The van der Waals surface area contributed by atoms with Crippen molar-refractivity contribution >= 4 is 32.4 Å². The van der Waals surface area contributed by atoms with E-state index in [2.05, 4.69) is 24.0 Å². The number of fused-ring (bicyclic) bond motifs is 1. The molecule has 2 aromatic heterocycles. The Morgan fingerprint density at radius 2 is 1.77 bits per heavy atom. The third-order valence-electron chi connectivity index (χ3n) is 4.68. The number of ether oxygens (including phenoxy) is 3. The van der Waals surface area contributed by atoms with Gasteiger partial charge >= 0.3 is 0 Å². The minimum atomic E-state index is 0.466. The highest BCUT2D eigenvalue weighted by Gasteiger charge is 2.18. The van der Waals surface area contributed by atoms with Gasteiger partial charge in [-0.3, -0.25) is 0 Å². The van der Waals surface area contributed by atoms with E-state index in [4.69, 9.17) is 30.8 Å². The number of anilines is 1. The molecule has 0 saturated heterocycles. The zero-order valence-corrected chi connectivity index (χ0v) is 18.9. The molecular formula is C22H26N4O3S. The summed E-state index contributed by atoms with van der Waals surface area (Å²) in [5.41, 5.74) is 1.87. The van der Waals surface area contributed by atoms with Crippen molar-refractivity contribution in [3.8, 4) is 17.2 Å². The lowest BCUT2D eigenvalue weighted by Crippen LogP contribution is -2.11. The topological polar surface area (TPSA) is 69.9 Å². The lowest BCUT2D eigenvalue weighted by molar-refractivity contribution is 0.324. The number of nitrogens with zero attached hydrogens (tertiary/aromatic N) is 3. The van der Waals surface area contributed by atoms with Gasteiger partial charge in [0.15, 0.2) is 11.5 Å². The van der Waals surface area contributed by atoms with Crippen molar-refractivity contribution in [2.45, 2.75) is 27.2 Å². The van der Waals surface area contributed by atoms with Crippen LogP contribution in [0, 0.1) is 19.4 Å². The van der Waals surface area contributed by atoms with Crippen LogP contribution in [0.25, 0.3) is 15.1 Å². The molecule has 0 aliphatic carbocycles. The molecule has 158 valence electrons. The van der Waals surface area contributed by atoms with E-state index in [0.717, 1.165) is 33.7 Å². The Kier molecular flexibility index (Phi) is 6.63. The van der Waals surface area contributed by atoms with E-state index in [0.29, 0.717) is 40.4 Å². The summed E-state index contributed by atoms with van der Waals surface area (Å²) in [5.74, 6) is 3.64. The van der Waals surface area contributed by atoms with Crippen molar-refractivity contribution in [3.63, 3.8) is 0 Å². The maximum atomic E-state index is 7.45. The van der Waals surface area contributed by atoms with Gasteiger partial charge in [-0.25, -0.2) is 14.8 Å². The van der Waals surface area contributed by atoms with Crippen LogP contribution in [0.3, 0.4) is 0 Å². The Bertz CT molecular complexity index is 1080. The fourth-order valence-corrected chi connectivity index (χ4v) is 4.19. The van der Waals surface area contributed by atoms with E-state index in [1.165, 1.54) is 11.3 Å². The van der Waals surface area contributed by atoms with Crippen LogP contribution in [0.1, 0.15) is 30.8 Å². The maximum Gasteiger partial charge on any atom is 0.246 e. The highest BCUT2D eigenvalue weighted by atomic mass is 32.1. The first-order valence-electron chi connectivity index (χ1n) is 9.62. The molecule has 3 aromatic rings. The van der Waals surface area contributed by atoms with E-state index < -0.39 is 0 Å². The molecule has 1 N–H and O–H groups in total. The summed E-state index contributed by atoms with van der Waals surface area (Å²) in [7, 11) is 4.77. The number of rotatable bonds is 8. The summed E-state index contributed by atoms with van der Waals surface area (Å²) < 4.78 is 16.3. The Morgan fingerprint density at radius 3 is 2.30 bits per heavy atom. The molecule has 0 amide bonds. The highest BCUT2D eigenvalue weighted by Crippen LogP contribution is 2.41.